The van der Waals surface area contributed by atoms with E-state index in [2.05, 4.69) is 30.6 Å². The van der Waals surface area contributed by atoms with Crippen LogP contribution in [0, 0.1) is 5.82 Å². The summed E-state index contributed by atoms with van der Waals surface area (Å²) in [5.41, 5.74) is 1.32. The number of rotatable bonds is 6. The summed E-state index contributed by atoms with van der Waals surface area (Å²) >= 11 is 0. The molecule has 41 heavy (non-hydrogen) atoms. The summed E-state index contributed by atoms with van der Waals surface area (Å²) in [7, 11) is 0. The molecule has 1 aromatic carbocycles. The molecule has 210 valence electrons. The number of hydrogen-bond donors (Lipinski definition) is 2. The largest absolute Gasteiger partial charge is 0.406 e. The van der Waals surface area contributed by atoms with Crippen molar-refractivity contribution in [1.82, 2.24) is 24.8 Å². The summed E-state index contributed by atoms with van der Waals surface area (Å²) in [6, 6.07) is 9.25. The second kappa shape index (κ2) is 10.7. The summed E-state index contributed by atoms with van der Waals surface area (Å²) in [6.07, 6.45) is 2.53. The number of halogens is 4. The van der Waals surface area contributed by atoms with E-state index in [4.69, 9.17) is 0 Å². The molecule has 0 bridgehead atoms. The zero-order chi connectivity index (χ0) is 28.6. The first-order valence-corrected chi connectivity index (χ1v) is 12.9. The number of allylic oxidation sites excluding steroid dienone is 1. The number of fused-ring (bicyclic) bond motifs is 1. The van der Waals surface area contributed by atoms with Gasteiger partial charge in [0.25, 0.3) is 5.56 Å². The van der Waals surface area contributed by atoms with Crippen LogP contribution in [0.3, 0.4) is 0 Å². The van der Waals surface area contributed by atoms with Crippen LogP contribution < -0.4 is 21.1 Å². The number of aromatic nitrogens is 4. The summed E-state index contributed by atoms with van der Waals surface area (Å²) in [5, 5.41) is 6.26. The van der Waals surface area contributed by atoms with E-state index < -0.39 is 24.1 Å². The summed E-state index contributed by atoms with van der Waals surface area (Å²) in [6.45, 7) is 1.28. The van der Waals surface area contributed by atoms with E-state index in [1.54, 1.807) is 30.5 Å². The average Bonchev–Trinajstić information content (AvgIpc) is 3.50. The third-order valence-corrected chi connectivity index (χ3v) is 6.81. The smallest absolute Gasteiger partial charge is 0.367 e. The molecule has 3 aromatic heterocycles. The van der Waals surface area contributed by atoms with Crippen molar-refractivity contribution in [3.05, 3.63) is 76.6 Å². The van der Waals surface area contributed by atoms with E-state index in [0.29, 0.717) is 35.5 Å². The molecule has 13 heteroatoms. The Bertz CT molecular complexity index is 1720. The van der Waals surface area contributed by atoms with Crippen LogP contribution in [0.5, 0.6) is 0 Å². The van der Waals surface area contributed by atoms with Gasteiger partial charge in [-0.3, -0.25) is 19.3 Å². The predicted molar refractivity (Wildman–Crippen MR) is 149 cm³/mol. The van der Waals surface area contributed by atoms with Crippen LogP contribution in [0.15, 0.2) is 64.7 Å². The molecule has 0 saturated carbocycles. The van der Waals surface area contributed by atoms with Crippen molar-refractivity contribution in [2.75, 3.05) is 36.4 Å². The average molecular weight is 565 g/mol. The number of nitrogens with zero attached hydrogens (tertiary/aromatic N) is 6. The molecular weight excluding hydrogens is 540 g/mol. The Kier molecular flexibility index (Phi) is 6.95. The Hall–Kier alpha value is -4.65. The van der Waals surface area contributed by atoms with E-state index in [0.717, 1.165) is 24.4 Å². The topological polar surface area (TPSA) is 100 Å². The second-order valence-corrected chi connectivity index (χ2v) is 9.63. The van der Waals surface area contributed by atoms with Gasteiger partial charge in [-0.05, 0) is 36.4 Å². The minimum Gasteiger partial charge on any atom is -0.367 e. The molecule has 2 N–H and O–H groups in total. The first-order chi connectivity index (χ1) is 19.7. The van der Waals surface area contributed by atoms with Gasteiger partial charge in [-0.1, -0.05) is 6.08 Å². The van der Waals surface area contributed by atoms with Gasteiger partial charge in [-0.15, -0.1) is 0 Å². The van der Waals surface area contributed by atoms with Gasteiger partial charge >= 0.3 is 6.18 Å². The quantitative estimate of drug-likeness (QED) is 0.332. The number of aliphatic imine (C=N–C) groups is 1. The van der Waals surface area contributed by atoms with Gasteiger partial charge in [0.2, 0.25) is 5.95 Å². The van der Waals surface area contributed by atoms with E-state index in [1.165, 1.54) is 24.5 Å². The molecule has 0 radical (unpaired) electrons. The van der Waals surface area contributed by atoms with Crippen LogP contribution in [0.4, 0.5) is 34.9 Å². The first kappa shape index (κ1) is 26.6. The van der Waals surface area contributed by atoms with Gasteiger partial charge in [0.15, 0.2) is 0 Å². The molecule has 0 spiro atoms. The number of anilines is 3. The number of alkyl halides is 3. The van der Waals surface area contributed by atoms with E-state index >= 15 is 0 Å². The highest BCUT2D eigenvalue weighted by Gasteiger charge is 2.30. The molecule has 5 heterocycles. The minimum absolute atomic E-state index is 0.0212. The fraction of sp³-hybridized carbons (Fsp3) is 0.250. The minimum atomic E-state index is -4.69. The third kappa shape index (κ3) is 5.66. The highest BCUT2D eigenvalue weighted by atomic mass is 19.4. The maximum absolute atomic E-state index is 14.9. The van der Waals surface area contributed by atoms with Crippen molar-refractivity contribution in [3.8, 4) is 11.3 Å². The zero-order valence-corrected chi connectivity index (χ0v) is 21.6. The van der Waals surface area contributed by atoms with Crippen molar-refractivity contribution < 1.29 is 17.6 Å². The van der Waals surface area contributed by atoms with Crippen molar-refractivity contribution in [2.24, 2.45) is 4.99 Å². The Morgan fingerprint density at radius 1 is 1.02 bits per heavy atom. The van der Waals surface area contributed by atoms with Crippen LogP contribution >= 0.6 is 0 Å². The molecule has 1 saturated heterocycles. The van der Waals surface area contributed by atoms with Crippen LogP contribution in [-0.4, -0.2) is 58.1 Å². The van der Waals surface area contributed by atoms with Crippen molar-refractivity contribution in [3.63, 3.8) is 0 Å². The lowest BCUT2D eigenvalue weighted by atomic mass is 10.1. The zero-order valence-electron chi connectivity index (χ0n) is 21.6. The summed E-state index contributed by atoms with van der Waals surface area (Å²) in [4.78, 5) is 32.3. The molecule has 0 aliphatic carbocycles. The monoisotopic (exact) mass is 564 g/mol. The van der Waals surface area contributed by atoms with Crippen LogP contribution in [0.2, 0.25) is 0 Å². The Balaban J connectivity index is 1.35. The van der Waals surface area contributed by atoms with Crippen molar-refractivity contribution in [1.29, 1.82) is 0 Å². The molecule has 6 rings (SSSR count). The molecule has 4 aromatic rings. The lowest BCUT2D eigenvalue weighted by Gasteiger charge is -2.29. The number of benzene rings is 1. The molecule has 0 unspecified atom stereocenters. The summed E-state index contributed by atoms with van der Waals surface area (Å²) < 4.78 is 56.2. The summed E-state index contributed by atoms with van der Waals surface area (Å²) in [5.74, 6) is -0.534. The first-order valence-electron chi connectivity index (χ1n) is 12.9. The Morgan fingerprint density at radius 2 is 1.85 bits per heavy atom. The molecule has 2 aliphatic heterocycles. The SMILES string of the molecule is O=c1c(-c2ccc(C3=CCC=N3)cn2)cc2cnc(Nc3ccc(N4CCNCC4)c(F)c3)nc2n1CC(F)(F)F. The van der Waals surface area contributed by atoms with Crippen molar-refractivity contribution >= 4 is 40.3 Å². The molecule has 2 aliphatic rings. The standard InChI is InChI=1S/C28H24F4N8O/c29-21-13-19(4-6-24(21)39-10-8-33-9-11-39)37-27-36-15-18-12-20(26(41)40(25(18)38-27)16-28(30,31)32)23-5-3-17(14-35-23)22-2-1-7-34-22/h2-7,12-15,33H,1,8-11,16H2,(H,36,37,38). The third-order valence-electron chi connectivity index (χ3n) is 6.81. The maximum Gasteiger partial charge on any atom is 0.406 e. The lowest BCUT2D eigenvalue weighted by Crippen LogP contribution is -2.43. The number of piperazine rings is 1. The predicted octanol–water partition coefficient (Wildman–Crippen LogP) is 4.52. The molecule has 0 amide bonds. The van der Waals surface area contributed by atoms with Crippen LogP contribution in [-0.2, 0) is 6.54 Å². The van der Waals surface area contributed by atoms with Crippen LogP contribution in [0.1, 0.15) is 12.0 Å². The van der Waals surface area contributed by atoms with Gasteiger partial charge in [0, 0.05) is 67.8 Å². The van der Waals surface area contributed by atoms with Crippen LogP contribution in [0.25, 0.3) is 28.0 Å². The van der Waals surface area contributed by atoms with Gasteiger partial charge in [0.05, 0.1) is 22.6 Å². The lowest BCUT2D eigenvalue weighted by molar-refractivity contribution is -0.140. The van der Waals surface area contributed by atoms with Gasteiger partial charge in [-0.25, -0.2) is 9.37 Å². The van der Waals surface area contributed by atoms with E-state index in [-0.39, 0.29) is 28.2 Å². The normalized spacial score (nSPS) is 15.4. The molecular formula is C28H24F4N8O. The molecule has 0 atom stereocenters. The molecule has 9 nitrogen and oxygen atoms in total. The van der Waals surface area contributed by atoms with Gasteiger partial charge in [-0.2, -0.15) is 18.2 Å². The number of hydrogen-bond acceptors (Lipinski definition) is 8. The van der Waals surface area contributed by atoms with E-state index in [9.17, 15) is 22.4 Å². The van der Waals surface area contributed by atoms with Gasteiger partial charge < -0.3 is 15.5 Å². The molecule has 1 fully saturated rings. The fourth-order valence-electron chi connectivity index (χ4n) is 4.87. The Labute approximate surface area is 231 Å². The number of nitrogens with one attached hydrogen (secondary N) is 2. The number of pyridine rings is 2. The second-order valence-electron chi connectivity index (χ2n) is 9.63. The van der Waals surface area contributed by atoms with E-state index in [1.807, 2.05) is 11.0 Å². The van der Waals surface area contributed by atoms with Crippen molar-refractivity contribution in [2.45, 2.75) is 19.1 Å². The fourth-order valence-corrected chi connectivity index (χ4v) is 4.87. The Morgan fingerprint density at radius 3 is 2.54 bits per heavy atom. The van der Waals surface area contributed by atoms with Gasteiger partial charge in [0.1, 0.15) is 18.0 Å². The highest BCUT2D eigenvalue weighted by Crippen LogP contribution is 2.27. The maximum atomic E-state index is 14.9. The highest BCUT2D eigenvalue weighted by molar-refractivity contribution is 5.83.